The topological polar surface area (TPSA) is 18.5 Å². The highest BCUT2D eigenvalue weighted by Crippen LogP contribution is 2.48. The van der Waals surface area contributed by atoms with Gasteiger partial charge in [0.05, 0.1) is 17.8 Å². The van der Waals surface area contributed by atoms with Gasteiger partial charge in [0, 0.05) is 6.61 Å². The second-order valence-electron chi connectivity index (χ2n) is 6.07. The molecule has 1 aliphatic heterocycles. The van der Waals surface area contributed by atoms with Crippen molar-refractivity contribution < 1.29 is 9.47 Å². The third kappa shape index (κ3) is 6.60. The van der Waals surface area contributed by atoms with Gasteiger partial charge in [0.2, 0.25) is 0 Å². The maximum Gasteiger partial charge on any atom is 0.118 e. The summed E-state index contributed by atoms with van der Waals surface area (Å²) < 4.78 is 11.6. The van der Waals surface area contributed by atoms with E-state index in [1.807, 2.05) is 12.1 Å². The van der Waals surface area contributed by atoms with Gasteiger partial charge >= 0.3 is 0 Å². The minimum absolute atomic E-state index is 0.410. The van der Waals surface area contributed by atoms with Crippen LogP contribution in [0.3, 0.4) is 0 Å². The Hall–Kier alpha value is -0.320. The molecule has 1 aromatic rings. The molecule has 0 saturated carbocycles. The van der Waals surface area contributed by atoms with Gasteiger partial charge in [0.15, 0.2) is 0 Å². The first-order chi connectivity index (χ1) is 11.3. The van der Waals surface area contributed by atoms with E-state index in [0.29, 0.717) is 10.7 Å². The summed E-state index contributed by atoms with van der Waals surface area (Å²) in [5, 5.41) is 0. The molecule has 0 aliphatic carbocycles. The Bertz CT molecular complexity index is 428. The van der Waals surface area contributed by atoms with Crippen LogP contribution >= 0.6 is 23.5 Å². The van der Waals surface area contributed by atoms with Crippen molar-refractivity contribution >= 4 is 23.5 Å². The quantitative estimate of drug-likeness (QED) is 0.498. The van der Waals surface area contributed by atoms with E-state index >= 15 is 0 Å². The van der Waals surface area contributed by atoms with Crippen LogP contribution in [0, 0.1) is 0 Å². The molecule has 2 nitrogen and oxygen atoms in total. The summed E-state index contributed by atoms with van der Waals surface area (Å²) in [6.45, 7) is 3.84. The number of benzene rings is 1. The molecule has 0 radical (unpaired) electrons. The number of hydrogen-bond acceptors (Lipinski definition) is 4. The van der Waals surface area contributed by atoms with E-state index in [1.165, 1.54) is 55.6 Å². The molecule has 0 bridgehead atoms. The Morgan fingerprint density at radius 2 is 1.78 bits per heavy atom. The fourth-order valence-corrected chi connectivity index (χ4v) is 6.18. The monoisotopic (exact) mass is 354 g/mol. The molecule has 1 aromatic carbocycles. The molecule has 0 amide bonds. The number of methoxy groups -OCH3 is 1. The van der Waals surface area contributed by atoms with Crippen molar-refractivity contribution in [2.75, 3.05) is 25.2 Å². The second kappa shape index (κ2) is 10.5. The minimum Gasteiger partial charge on any atom is -0.497 e. The van der Waals surface area contributed by atoms with Crippen LogP contribution in [0.1, 0.15) is 51.0 Å². The molecule has 1 aliphatic rings. The first kappa shape index (κ1) is 19.0. The summed E-state index contributed by atoms with van der Waals surface area (Å²) in [6, 6.07) is 8.16. The third-order valence-corrected chi connectivity index (χ3v) is 7.80. The highest BCUT2D eigenvalue weighted by atomic mass is 32.2. The van der Waals surface area contributed by atoms with Gasteiger partial charge in [-0.15, -0.1) is 23.5 Å². The highest BCUT2D eigenvalue weighted by Gasteiger charge is 2.32. The summed E-state index contributed by atoms with van der Waals surface area (Å²) in [5.41, 5.74) is 1.22. The van der Waals surface area contributed by atoms with Crippen LogP contribution in [0.5, 0.6) is 5.75 Å². The van der Waals surface area contributed by atoms with Crippen LogP contribution in [0.25, 0.3) is 0 Å². The molecule has 0 spiro atoms. The number of unbranched alkanes of at least 4 members (excludes halogenated alkanes) is 2. The zero-order valence-corrected chi connectivity index (χ0v) is 16.1. The van der Waals surface area contributed by atoms with Gasteiger partial charge in [-0.05, 0) is 48.5 Å². The molecule has 0 N–H and O–H groups in total. The summed E-state index contributed by atoms with van der Waals surface area (Å²) in [4.78, 5) is 0. The van der Waals surface area contributed by atoms with E-state index < -0.39 is 0 Å². The Morgan fingerprint density at radius 1 is 1.04 bits per heavy atom. The normalized spacial score (nSPS) is 17.1. The second-order valence-corrected chi connectivity index (χ2v) is 9.28. The van der Waals surface area contributed by atoms with Crippen LogP contribution in [0.4, 0.5) is 0 Å². The number of ether oxygens (including phenoxy) is 2. The summed E-state index contributed by atoms with van der Waals surface area (Å²) in [5.74, 6) is 3.54. The Kier molecular flexibility index (Phi) is 8.70. The molecule has 1 heterocycles. The van der Waals surface area contributed by atoms with Crippen molar-refractivity contribution in [1.82, 2.24) is 0 Å². The van der Waals surface area contributed by atoms with Crippen LogP contribution in [-0.4, -0.2) is 29.3 Å². The maximum atomic E-state index is 5.96. The van der Waals surface area contributed by atoms with Crippen LogP contribution in [-0.2, 0) is 11.3 Å². The lowest BCUT2D eigenvalue weighted by Gasteiger charge is -2.36. The van der Waals surface area contributed by atoms with Crippen molar-refractivity contribution in [3.05, 3.63) is 29.8 Å². The van der Waals surface area contributed by atoms with Gasteiger partial charge in [0.25, 0.3) is 0 Å². The number of rotatable bonds is 10. The van der Waals surface area contributed by atoms with E-state index in [2.05, 4.69) is 42.6 Å². The lowest BCUT2D eigenvalue weighted by molar-refractivity contribution is 0.116. The predicted octanol–water partition coefficient (Wildman–Crippen LogP) is 5.75. The van der Waals surface area contributed by atoms with Crippen molar-refractivity contribution in [3.8, 4) is 5.75 Å². The van der Waals surface area contributed by atoms with Gasteiger partial charge in [-0.3, -0.25) is 0 Å². The lowest BCUT2D eigenvalue weighted by Crippen LogP contribution is -2.27. The smallest absolute Gasteiger partial charge is 0.118 e. The van der Waals surface area contributed by atoms with Gasteiger partial charge in [-0.25, -0.2) is 0 Å². The Morgan fingerprint density at radius 3 is 2.43 bits per heavy atom. The van der Waals surface area contributed by atoms with E-state index in [-0.39, 0.29) is 0 Å². The third-order valence-electron chi connectivity index (χ3n) is 4.24. The fourth-order valence-electron chi connectivity index (χ4n) is 2.81. The van der Waals surface area contributed by atoms with Crippen molar-refractivity contribution in [1.29, 1.82) is 0 Å². The highest BCUT2D eigenvalue weighted by molar-refractivity contribution is 8.18. The molecule has 23 heavy (non-hydrogen) atoms. The molecular formula is C19H30O2S2. The SMILES string of the molecule is CCCCCC1(CCOCc2ccc(OC)cc2)SCCCS1. The van der Waals surface area contributed by atoms with Crippen molar-refractivity contribution in [2.24, 2.45) is 0 Å². The maximum absolute atomic E-state index is 5.96. The molecule has 0 unspecified atom stereocenters. The largest absolute Gasteiger partial charge is 0.497 e. The lowest BCUT2D eigenvalue weighted by atomic mass is 10.1. The van der Waals surface area contributed by atoms with Gasteiger partial charge in [-0.1, -0.05) is 38.3 Å². The fraction of sp³-hybridized carbons (Fsp3) is 0.684. The average molecular weight is 355 g/mol. The standard InChI is InChI=1S/C19H30O2S2/c1-3-4-5-11-19(22-14-6-15-23-19)12-13-21-16-17-7-9-18(20-2)10-8-17/h7-10H,3-6,11-16H2,1-2H3. The predicted molar refractivity (Wildman–Crippen MR) is 104 cm³/mol. The minimum atomic E-state index is 0.410. The number of hydrogen-bond donors (Lipinski definition) is 0. The first-order valence-electron chi connectivity index (χ1n) is 8.76. The van der Waals surface area contributed by atoms with E-state index in [4.69, 9.17) is 9.47 Å². The Labute approximate surface area is 150 Å². The van der Waals surface area contributed by atoms with Crippen molar-refractivity contribution in [3.63, 3.8) is 0 Å². The average Bonchev–Trinajstić information content (AvgIpc) is 2.60. The molecule has 4 heteroatoms. The summed E-state index contributed by atoms with van der Waals surface area (Å²) in [6.07, 6.45) is 7.88. The van der Waals surface area contributed by atoms with E-state index in [1.54, 1.807) is 7.11 Å². The molecule has 2 rings (SSSR count). The summed E-state index contributed by atoms with van der Waals surface area (Å²) in [7, 11) is 1.70. The Balaban J connectivity index is 1.74. The van der Waals surface area contributed by atoms with Gasteiger partial charge in [-0.2, -0.15) is 0 Å². The zero-order valence-electron chi connectivity index (χ0n) is 14.5. The van der Waals surface area contributed by atoms with E-state index in [9.17, 15) is 0 Å². The van der Waals surface area contributed by atoms with Crippen LogP contribution < -0.4 is 4.74 Å². The van der Waals surface area contributed by atoms with Crippen LogP contribution in [0.15, 0.2) is 24.3 Å². The van der Waals surface area contributed by atoms with Gasteiger partial charge in [0.1, 0.15) is 5.75 Å². The zero-order chi connectivity index (χ0) is 16.4. The molecule has 1 fully saturated rings. The molecule has 0 atom stereocenters. The van der Waals surface area contributed by atoms with Crippen molar-refractivity contribution in [2.45, 2.75) is 56.1 Å². The first-order valence-corrected chi connectivity index (χ1v) is 10.7. The molecular weight excluding hydrogens is 324 g/mol. The van der Waals surface area contributed by atoms with Gasteiger partial charge < -0.3 is 9.47 Å². The van der Waals surface area contributed by atoms with E-state index in [0.717, 1.165) is 12.4 Å². The summed E-state index contributed by atoms with van der Waals surface area (Å²) >= 11 is 4.36. The van der Waals surface area contributed by atoms with Crippen LogP contribution in [0.2, 0.25) is 0 Å². The molecule has 1 saturated heterocycles. The molecule has 0 aromatic heterocycles. The number of thioether (sulfide) groups is 2. The molecule has 130 valence electrons.